The molecule has 1 atom stereocenters. The third kappa shape index (κ3) is 10.0. The lowest BCUT2D eigenvalue weighted by Crippen LogP contribution is -2.46. The highest BCUT2D eigenvalue weighted by molar-refractivity contribution is 5.74. The number of amides is 2. The molecule has 7 heteroatoms. The molecule has 5 nitrogen and oxygen atoms in total. The van der Waals surface area contributed by atoms with Crippen molar-refractivity contribution in [2.24, 2.45) is 5.73 Å². The molecular formula is C27H36F2N4O. The fraction of sp³-hybridized carbons (Fsp3) is 0.296. The number of hydrogen-bond acceptors (Lipinski definition) is 3. The number of urea groups is 1. The van der Waals surface area contributed by atoms with Gasteiger partial charge in [-0.2, -0.15) is 0 Å². The Morgan fingerprint density at radius 3 is 2.38 bits per heavy atom. The van der Waals surface area contributed by atoms with Gasteiger partial charge in [-0.1, -0.05) is 44.4 Å². The fourth-order valence-corrected chi connectivity index (χ4v) is 3.15. The zero-order chi connectivity index (χ0) is 25.7. The summed E-state index contributed by atoms with van der Waals surface area (Å²) >= 11 is 0. The number of rotatable bonds is 8. The first-order chi connectivity index (χ1) is 16.1. The summed E-state index contributed by atoms with van der Waals surface area (Å²) in [4.78, 5) is 13.4. The van der Waals surface area contributed by atoms with Crippen LogP contribution in [0.25, 0.3) is 12.2 Å². The van der Waals surface area contributed by atoms with E-state index in [0.717, 1.165) is 28.1 Å². The van der Waals surface area contributed by atoms with Gasteiger partial charge in [-0.3, -0.25) is 0 Å². The Balaban J connectivity index is 0.000000342. The maximum absolute atomic E-state index is 13.1. The number of carbonyl (C=O) groups is 1. The molecule has 0 saturated carbocycles. The average Bonchev–Trinajstić information content (AvgIpc) is 2.78. The number of likely N-dealkylation sites (N-methyl/N-ethyl adjacent to an activating group) is 1. The number of allylic oxidation sites excluding steroid dienone is 2. The van der Waals surface area contributed by atoms with Crippen LogP contribution >= 0.6 is 0 Å². The monoisotopic (exact) mass is 470 g/mol. The Labute approximate surface area is 201 Å². The van der Waals surface area contributed by atoms with Gasteiger partial charge in [0.15, 0.2) is 0 Å². The fourth-order valence-electron chi connectivity index (χ4n) is 3.15. The molecule has 0 spiro atoms. The minimum Gasteiger partial charge on any atom is -0.360 e. The van der Waals surface area contributed by atoms with Gasteiger partial charge < -0.3 is 21.3 Å². The van der Waals surface area contributed by atoms with E-state index < -0.39 is 0 Å². The van der Waals surface area contributed by atoms with E-state index in [1.54, 1.807) is 36.2 Å². The lowest BCUT2D eigenvalue weighted by Gasteiger charge is -2.26. The number of nitrogens with one attached hydrogen (secondary N) is 2. The van der Waals surface area contributed by atoms with Crippen LogP contribution in [0.5, 0.6) is 0 Å². The molecule has 2 aromatic rings. The van der Waals surface area contributed by atoms with Crippen molar-refractivity contribution in [3.63, 3.8) is 0 Å². The molecule has 34 heavy (non-hydrogen) atoms. The van der Waals surface area contributed by atoms with Crippen LogP contribution in [0.15, 0.2) is 67.0 Å². The van der Waals surface area contributed by atoms with E-state index in [0.29, 0.717) is 18.8 Å². The molecule has 0 saturated heterocycles. The minimum absolute atomic E-state index is 0.0255. The van der Waals surface area contributed by atoms with Crippen molar-refractivity contribution in [3.05, 3.63) is 94.7 Å². The Morgan fingerprint density at radius 2 is 1.82 bits per heavy atom. The molecule has 2 aromatic carbocycles. The highest BCUT2D eigenvalue weighted by atomic mass is 19.1. The number of carbonyl (C=O) groups excluding carboxylic acids is 1. The molecule has 0 aromatic heterocycles. The van der Waals surface area contributed by atoms with Gasteiger partial charge in [0, 0.05) is 37.6 Å². The molecule has 1 unspecified atom stereocenters. The van der Waals surface area contributed by atoms with E-state index in [2.05, 4.69) is 23.8 Å². The molecule has 0 heterocycles. The molecule has 184 valence electrons. The molecule has 0 bridgehead atoms. The van der Waals surface area contributed by atoms with Crippen molar-refractivity contribution >= 4 is 18.2 Å². The summed E-state index contributed by atoms with van der Waals surface area (Å²) in [6, 6.07) is 10.7. The third-order valence-corrected chi connectivity index (χ3v) is 5.01. The standard InChI is InChI=1S/C14H16FN.C13H20FN3O/c1-5-12-6-7-14(15)9-13(12)8-11(4)16-10(2)3;1-3-12(8-15)17(2)13(18)16-9-10-5-4-6-11(14)7-10/h5-9,16H,2,4H2,1,3H3;4-7,12H,3,8-9,15H2,1-2H3,(H,16,18)/b12-5-,13-8-;. The summed E-state index contributed by atoms with van der Waals surface area (Å²) in [5, 5.41) is 7.51. The maximum Gasteiger partial charge on any atom is 0.317 e. The van der Waals surface area contributed by atoms with Crippen LogP contribution < -0.4 is 26.8 Å². The van der Waals surface area contributed by atoms with Crippen molar-refractivity contribution < 1.29 is 13.6 Å². The largest absolute Gasteiger partial charge is 0.360 e. The lowest BCUT2D eigenvalue weighted by molar-refractivity contribution is 0.189. The highest BCUT2D eigenvalue weighted by Gasteiger charge is 2.16. The first-order valence-electron chi connectivity index (χ1n) is 11.1. The second-order valence-corrected chi connectivity index (χ2v) is 7.83. The molecule has 0 aliphatic rings. The summed E-state index contributed by atoms with van der Waals surface area (Å²) in [6.07, 6.45) is 4.53. The van der Waals surface area contributed by atoms with E-state index in [1.165, 1.54) is 24.3 Å². The van der Waals surface area contributed by atoms with Crippen molar-refractivity contribution in [1.29, 1.82) is 0 Å². The van der Waals surface area contributed by atoms with Gasteiger partial charge in [0.25, 0.3) is 0 Å². The van der Waals surface area contributed by atoms with Gasteiger partial charge in [0.1, 0.15) is 11.6 Å². The molecular weight excluding hydrogens is 434 g/mol. The summed E-state index contributed by atoms with van der Waals surface area (Å²) < 4.78 is 26.0. The Hall–Kier alpha value is -3.45. The van der Waals surface area contributed by atoms with E-state index in [4.69, 9.17) is 5.73 Å². The van der Waals surface area contributed by atoms with Crippen molar-refractivity contribution in [3.8, 4) is 0 Å². The summed E-state index contributed by atoms with van der Waals surface area (Å²) in [5.41, 5.74) is 7.81. The molecule has 0 aliphatic heterocycles. The van der Waals surface area contributed by atoms with Crippen LogP contribution in [0.4, 0.5) is 13.6 Å². The highest BCUT2D eigenvalue weighted by Crippen LogP contribution is 2.04. The number of halogens is 2. The first kappa shape index (κ1) is 28.6. The molecule has 0 aliphatic carbocycles. The van der Waals surface area contributed by atoms with Crippen molar-refractivity contribution in [2.75, 3.05) is 13.6 Å². The molecule has 0 fully saturated rings. The number of benzene rings is 2. The van der Waals surface area contributed by atoms with E-state index in [1.807, 2.05) is 26.8 Å². The van der Waals surface area contributed by atoms with Gasteiger partial charge in [-0.05, 0) is 66.6 Å². The second kappa shape index (κ2) is 14.6. The van der Waals surface area contributed by atoms with Crippen LogP contribution in [-0.2, 0) is 6.54 Å². The van der Waals surface area contributed by atoms with Gasteiger partial charge in [-0.25, -0.2) is 13.6 Å². The van der Waals surface area contributed by atoms with Crippen LogP contribution in [-0.4, -0.2) is 30.6 Å². The molecule has 2 amide bonds. The third-order valence-electron chi connectivity index (χ3n) is 5.01. The second-order valence-electron chi connectivity index (χ2n) is 7.83. The number of hydrogen-bond donors (Lipinski definition) is 3. The minimum atomic E-state index is -0.302. The quantitative estimate of drug-likeness (QED) is 0.550. The Morgan fingerprint density at radius 1 is 1.15 bits per heavy atom. The smallest absolute Gasteiger partial charge is 0.317 e. The predicted octanol–water partition coefficient (Wildman–Crippen LogP) is 3.75. The van der Waals surface area contributed by atoms with Gasteiger partial charge in [-0.15, -0.1) is 0 Å². The maximum atomic E-state index is 13.1. The lowest BCUT2D eigenvalue weighted by atomic mass is 10.2. The summed E-state index contributed by atoms with van der Waals surface area (Å²) in [5.74, 6) is -0.552. The zero-order valence-electron chi connectivity index (χ0n) is 20.5. The van der Waals surface area contributed by atoms with Crippen molar-refractivity contribution in [1.82, 2.24) is 15.5 Å². The Bertz CT molecular complexity index is 1090. The van der Waals surface area contributed by atoms with E-state index in [9.17, 15) is 13.6 Å². The number of nitrogens with zero attached hydrogens (tertiary/aromatic N) is 1. The first-order valence-corrected chi connectivity index (χ1v) is 11.1. The molecule has 0 radical (unpaired) electrons. The predicted molar refractivity (Wildman–Crippen MR) is 137 cm³/mol. The van der Waals surface area contributed by atoms with Gasteiger partial charge in [0.05, 0.1) is 0 Å². The van der Waals surface area contributed by atoms with Crippen LogP contribution in [0.3, 0.4) is 0 Å². The van der Waals surface area contributed by atoms with Crippen LogP contribution in [0, 0.1) is 11.6 Å². The van der Waals surface area contributed by atoms with E-state index >= 15 is 0 Å². The SMILES string of the molecule is C=C(C)NC(=C)/C=c1/cc(F)cc/c1=C/C.CCC(CN)N(C)C(=O)NCc1cccc(F)c1. The van der Waals surface area contributed by atoms with E-state index in [-0.39, 0.29) is 23.7 Å². The van der Waals surface area contributed by atoms with Gasteiger partial charge in [0.2, 0.25) is 0 Å². The van der Waals surface area contributed by atoms with Crippen LogP contribution in [0.1, 0.15) is 32.8 Å². The van der Waals surface area contributed by atoms with Gasteiger partial charge >= 0.3 is 6.03 Å². The average molecular weight is 471 g/mol. The summed E-state index contributed by atoms with van der Waals surface area (Å²) in [6.45, 7) is 14.0. The van der Waals surface area contributed by atoms with Crippen molar-refractivity contribution in [2.45, 2.75) is 39.8 Å². The topological polar surface area (TPSA) is 70.4 Å². The Kier molecular flexibility index (Phi) is 12.3. The summed E-state index contributed by atoms with van der Waals surface area (Å²) in [7, 11) is 1.71. The zero-order valence-corrected chi connectivity index (χ0v) is 20.5. The van der Waals surface area contributed by atoms with Crippen LogP contribution in [0.2, 0.25) is 0 Å². The normalized spacial score (nSPS) is 12.3. The molecule has 2 rings (SSSR count). The number of nitrogens with two attached hydrogens (primary N) is 1. The molecule has 4 N–H and O–H groups in total.